The third kappa shape index (κ3) is 1.62. The first-order chi connectivity index (χ1) is 7.29. The Balaban J connectivity index is 2.79. The molecule has 1 unspecified atom stereocenters. The average molecular weight is 235 g/mol. The van der Waals surface area contributed by atoms with Crippen LogP contribution in [0.1, 0.15) is 6.42 Å². The number of amides is 1. The van der Waals surface area contributed by atoms with Crippen molar-refractivity contribution in [3.05, 3.63) is 12.7 Å². The Labute approximate surface area is 90.3 Å². The van der Waals surface area contributed by atoms with E-state index in [1.807, 2.05) is 0 Å². The van der Waals surface area contributed by atoms with Crippen molar-refractivity contribution in [1.29, 1.82) is 0 Å². The molecule has 1 fully saturated rings. The number of carboxylic acid groups (broad SMARTS) is 1. The smallest absolute Gasteiger partial charge is 0.410 e. The summed E-state index contributed by atoms with van der Waals surface area (Å²) in [5.41, 5.74) is -2.47. The number of carbonyl (C=O) groups is 2. The number of likely N-dealkylation sites (N-methyl/N-ethyl adjacent to an activating group) is 1. The fraction of sp³-hybridized carbons (Fsp3) is 0.556. The minimum Gasteiger partial charge on any atom is -0.479 e. The SMILES string of the molecule is C=CCOC(=O)N(C)C1(C(=O)O)CC1(F)F. The lowest BCUT2D eigenvalue weighted by molar-refractivity contribution is -0.148. The van der Waals surface area contributed by atoms with Gasteiger partial charge in [0.15, 0.2) is 0 Å². The van der Waals surface area contributed by atoms with Crippen LogP contribution in [0, 0.1) is 0 Å². The van der Waals surface area contributed by atoms with Crippen molar-refractivity contribution in [2.45, 2.75) is 17.9 Å². The van der Waals surface area contributed by atoms with Crippen molar-refractivity contribution in [2.24, 2.45) is 0 Å². The topological polar surface area (TPSA) is 66.8 Å². The zero-order chi connectivity index (χ0) is 12.6. The maximum absolute atomic E-state index is 13.0. The number of halogens is 2. The molecule has 1 rings (SSSR count). The van der Waals surface area contributed by atoms with Gasteiger partial charge in [0.05, 0.1) is 6.42 Å². The highest BCUT2D eigenvalue weighted by Crippen LogP contribution is 2.56. The Kier molecular flexibility index (Phi) is 2.89. The minimum atomic E-state index is -3.42. The van der Waals surface area contributed by atoms with Crippen LogP contribution in [0.4, 0.5) is 13.6 Å². The molecule has 0 radical (unpaired) electrons. The fourth-order valence-corrected chi connectivity index (χ4v) is 1.40. The molecule has 0 aromatic carbocycles. The summed E-state index contributed by atoms with van der Waals surface area (Å²) in [4.78, 5) is 22.4. The van der Waals surface area contributed by atoms with Crippen LogP contribution in [-0.2, 0) is 9.53 Å². The van der Waals surface area contributed by atoms with Crippen molar-refractivity contribution in [3.8, 4) is 0 Å². The van der Waals surface area contributed by atoms with E-state index in [1.165, 1.54) is 6.08 Å². The summed E-state index contributed by atoms with van der Waals surface area (Å²) in [5, 5.41) is 8.73. The molecule has 1 saturated carbocycles. The number of hydrogen-bond acceptors (Lipinski definition) is 3. The van der Waals surface area contributed by atoms with Gasteiger partial charge in [-0.25, -0.2) is 18.4 Å². The summed E-state index contributed by atoms with van der Waals surface area (Å²) in [6, 6.07) is 0. The predicted octanol–water partition coefficient (Wildman–Crippen LogP) is 1.10. The Morgan fingerprint density at radius 2 is 2.12 bits per heavy atom. The minimum absolute atomic E-state index is 0.162. The highest BCUT2D eigenvalue weighted by Gasteiger charge is 2.80. The fourth-order valence-electron chi connectivity index (χ4n) is 1.40. The zero-order valence-electron chi connectivity index (χ0n) is 8.57. The molecule has 5 nitrogen and oxygen atoms in total. The van der Waals surface area contributed by atoms with E-state index in [2.05, 4.69) is 11.3 Å². The lowest BCUT2D eigenvalue weighted by atomic mass is 10.2. The van der Waals surface area contributed by atoms with E-state index in [0.29, 0.717) is 4.90 Å². The molecular weight excluding hydrogens is 224 g/mol. The van der Waals surface area contributed by atoms with Crippen LogP contribution in [0.5, 0.6) is 0 Å². The summed E-state index contributed by atoms with van der Waals surface area (Å²) in [7, 11) is 0.973. The van der Waals surface area contributed by atoms with Gasteiger partial charge < -0.3 is 9.84 Å². The average Bonchev–Trinajstić information content (AvgIpc) is 2.78. The number of nitrogens with zero attached hydrogens (tertiary/aromatic N) is 1. The molecule has 1 amide bonds. The van der Waals surface area contributed by atoms with Crippen LogP contribution < -0.4 is 0 Å². The molecule has 90 valence electrons. The van der Waals surface area contributed by atoms with Crippen LogP contribution in [0.3, 0.4) is 0 Å². The van der Waals surface area contributed by atoms with Crippen molar-refractivity contribution >= 4 is 12.1 Å². The number of alkyl halides is 2. The molecule has 0 bridgehead atoms. The summed E-state index contributed by atoms with van der Waals surface area (Å²) >= 11 is 0. The number of ether oxygens (including phenoxy) is 1. The second-order valence-electron chi connectivity index (χ2n) is 3.47. The second-order valence-corrected chi connectivity index (χ2v) is 3.47. The third-order valence-electron chi connectivity index (χ3n) is 2.48. The van der Waals surface area contributed by atoms with Crippen molar-refractivity contribution in [2.75, 3.05) is 13.7 Å². The summed E-state index contributed by atoms with van der Waals surface area (Å²) in [5.74, 6) is -5.16. The Hall–Kier alpha value is -1.66. The molecule has 1 atom stereocenters. The molecule has 0 heterocycles. The van der Waals surface area contributed by atoms with Gasteiger partial charge in [0.25, 0.3) is 5.92 Å². The quantitative estimate of drug-likeness (QED) is 0.741. The first kappa shape index (κ1) is 12.4. The van der Waals surface area contributed by atoms with Crippen LogP contribution in [-0.4, -0.2) is 47.2 Å². The number of carboxylic acids is 1. The molecule has 0 aromatic rings. The second kappa shape index (κ2) is 3.73. The zero-order valence-corrected chi connectivity index (χ0v) is 8.57. The summed E-state index contributed by atoms with van der Waals surface area (Å²) in [6.45, 7) is 3.11. The number of aliphatic carboxylic acids is 1. The number of hydrogen-bond donors (Lipinski definition) is 1. The first-order valence-corrected chi connectivity index (χ1v) is 4.42. The third-order valence-corrected chi connectivity index (χ3v) is 2.48. The Morgan fingerprint density at radius 3 is 2.44 bits per heavy atom. The lowest BCUT2D eigenvalue weighted by Gasteiger charge is -2.23. The lowest BCUT2D eigenvalue weighted by Crippen LogP contribution is -2.49. The largest absolute Gasteiger partial charge is 0.479 e. The van der Waals surface area contributed by atoms with E-state index < -0.39 is 29.9 Å². The van der Waals surface area contributed by atoms with Gasteiger partial charge in [-0.1, -0.05) is 12.7 Å². The van der Waals surface area contributed by atoms with Crippen molar-refractivity contribution in [3.63, 3.8) is 0 Å². The molecule has 1 N–H and O–H groups in total. The molecule has 1 aliphatic carbocycles. The van der Waals surface area contributed by atoms with Gasteiger partial charge in [-0.15, -0.1) is 0 Å². The summed E-state index contributed by atoms with van der Waals surface area (Å²) in [6.07, 6.45) is -0.751. The molecule has 0 spiro atoms. The summed E-state index contributed by atoms with van der Waals surface area (Å²) < 4.78 is 30.5. The maximum atomic E-state index is 13.0. The van der Waals surface area contributed by atoms with E-state index in [9.17, 15) is 18.4 Å². The van der Waals surface area contributed by atoms with E-state index in [4.69, 9.17) is 5.11 Å². The van der Waals surface area contributed by atoms with E-state index in [0.717, 1.165) is 7.05 Å². The van der Waals surface area contributed by atoms with E-state index in [-0.39, 0.29) is 6.61 Å². The van der Waals surface area contributed by atoms with Crippen LogP contribution >= 0.6 is 0 Å². The molecule has 1 aliphatic rings. The van der Waals surface area contributed by atoms with Crippen molar-refractivity contribution in [1.82, 2.24) is 4.90 Å². The Morgan fingerprint density at radius 1 is 1.62 bits per heavy atom. The Bertz CT molecular complexity index is 344. The predicted molar refractivity (Wildman–Crippen MR) is 49.2 cm³/mol. The molecule has 7 heteroatoms. The van der Waals surface area contributed by atoms with Gasteiger partial charge in [0, 0.05) is 7.05 Å². The van der Waals surface area contributed by atoms with Gasteiger partial charge in [-0.2, -0.15) is 0 Å². The monoisotopic (exact) mass is 235 g/mol. The van der Waals surface area contributed by atoms with Gasteiger partial charge in [0.2, 0.25) is 5.54 Å². The van der Waals surface area contributed by atoms with Gasteiger partial charge in [0.1, 0.15) is 6.61 Å². The van der Waals surface area contributed by atoms with Gasteiger partial charge >= 0.3 is 12.1 Å². The van der Waals surface area contributed by atoms with Crippen LogP contribution in [0.15, 0.2) is 12.7 Å². The normalized spacial score (nSPS) is 25.7. The molecule has 0 aromatic heterocycles. The molecular formula is C9H11F2NO4. The van der Waals surface area contributed by atoms with Gasteiger partial charge in [-0.05, 0) is 0 Å². The highest BCUT2D eigenvalue weighted by atomic mass is 19.3. The van der Waals surface area contributed by atoms with E-state index >= 15 is 0 Å². The van der Waals surface area contributed by atoms with Crippen LogP contribution in [0.25, 0.3) is 0 Å². The maximum Gasteiger partial charge on any atom is 0.410 e. The van der Waals surface area contributed by atoms with Crippen molar-refractivity contribution < 1.29 is 28.2 Å². The van der Waals surface area contributed by atoms with E-state index in [1.54, 1.807) is 0 Å². The standard InChI is InChI=1S/C9H11F2NO4/c1-3-4-16-7(15)12(2)8(6(13)14)5-9(8,10)11/h3H,1,4-5H2,2H3,(H,13,14). The van der Waals surface area contributed by atoms with Gasteiger partial charge in [-0.3, -0.25) is 4.90 Å². The number of rotatable bonds is 4. The van der Waals surface area contributed by atoms with Crippen LogP contribution in [0.2, 0.25) is 0 Å². The first-order valence-electron chi connectivity index (χ1n) is 4.42. The molecule has 16 heavy (non-hydrogen) atoms. The molecule has 0 aliphatic heterocycles. The highest BCUT2D eigenvalue weighted by molar-refractivity contribution is 5.89. The molecule has 0 saturated heterocycles. The number of carbonyl (C=O) groups excluding carboxylic acids is 1.